The van der Waals surface area contributed by atoms with Gasteiger partial charge < -0.3 is 4.84 Å². The molecule has 0 aromatic carbocycles. The Labute approximate surface area is 76.7 Å². The standard InChI is InChI=1S/C10H10N2O/c1-2-9-6-10(12-13-9)8-4-3-5-11-7-8/h2-5,7,9H,1,6H2. The fourth-order valence-corrected chi connectivity index (χ4v) is 1.23. The van der Waals surface area contributed by atoms with Gasteiger partial charge in [-0.15, -0.1) is 0 Å². The van der Waals surface area contributed by atoms with Crippen LogP contribution in [-0.2, 0) is 4.84 Å². The van der Waals surface area contributed by atoms with Gasteiger partial charge >= 0.3 is 0 Å². The molecule has 13 heavy (non-hydrogen) atoms. The Morgan fingerprint density at radius 2 is 2.54 bits per heavy atom. The van der Waals surface area contributed by atoms with Crippen molar-refractivity contribution in [2.24, 2.45) is 5.16 Å². The monoisotopic (exact) mass is 174 g/mol. The van der Waals surface area contributed by atoms with E-state index in [1.54, 1.807) is 18.5 Å². The largest absolute Gasteiger partial charge is 0.388 e. The maximum atomic E-state index is 5.11. The predicted octanol–water partition coefficient (Wildman–Crippen LogP) is 1.76. The molecule has 0 N–H and O–H groups in total. The highest BCUT2D eigenvalue weighted by molar-refractivity contribution is 6.01. The van der Waals surface area contributed by atoms with E-state index < -0.39 is 0 Å². The SMILES string of the molecule is C=CC1CC(c2cccnc2)=NO1. The molecule has 1 aliphatic rings. The molecule has 1 aliphatic heterocycles. The molecule has 0 fully saturated rings. The Morgan fingerprint density at radius 3 is 3.15 bits per heavy atom. The summed E-state index contributed by atoms with van der Waals surface area (Å²) in [6.07, 6.45) is 6.09. The topological polar surface area (TPSA) is 34.5 Å². The van der Waals surface area contributed by atoms with Crippen molar-refractivity contribution >= 4 is 5.71 Å². The van der Waals surface area contributed by atoms with Gasteiger partial charge in [-0.25, -0.2) is 0 Å². The lowest BCUT2D eigenvalue weighted by Crippen LogP contribution is -2.04. The quantitative estimate of drug-likeness (QED) is 0.640. The summed E-state index contributed by atoms with van der Waals surface area (Å²) in [6, 6.07) is 3.86. The summed E-state index contributed by atoms with van der Waals surface area (Å²) in [4.78, 5) is 9.13. The fraction of sp³-hybridized carbons (Fsp3) is 0.200. The highest BCUT2D eigenvalue weighted by atomic mass is 16.6. The van der Waals surface area contributed by atoms with Gasteiger partial charge in [0.15, 0.2) is 6.10 Å². The van der Waals surface area contributed by atoms with Crippen LogP contribution >= 0.6 is 0 Å². The molecule has 2 heterocycles. The number of hydrogen-bond acceptors (Lipinski definition) is 3. The van der Waals surface area contributed by atoms with Crippen molar-refractivity contribution in [3.63, 3.8) is 0 Å². The first-order valence-corrected chi connectivity index (χ1v) is 4.16. The van der Waals surface area contributed by atoms with Crippen LogP contribution in [0.2, 0.25) is 0 Å². The summed E-state index contributed by atoms with van der Waals surface area (Å²) in [5, 5.41) is 3.96. The maximum Gasteiger partial charge on any atom is 0.151 e. The molecule has 0 amide bonds. The smallest absolute Gasteiger partial charge is 0.151 e. The molecule has 0 spiro atoms. The number of oxime groups is 1. The molecule has 0 radical (unpaired) electrons. The summed E-state index contributed by atoms with van der Waals surface area (Å²) in [5.41, 5.74) is 1.96. The third-order valence-electron chi connectivity index (χ3n) is 1.95. The molecule has 0 aliphatic carbocycles. The molecule has 1 aromatic rings. The minimum Gasteiger partial charge on any atom is -0.388 e. The summed E-state index contributed by atoms with van der Waals surface area (Å²) in [5.74, 6) is 0. The van der Waals surface area contributed by atoms with Crippen molar-refractivity contribution in [2.45, 2.75) is 12.5 Å². The fourth-order valence-electron chi connectivity index (χ4n) is 1.23. The Bertz CT molecular complexity index is 332. The van der Waals surface area contributed by atoms with Gasteiger partial charge in [0.1, 0.15) is 0 Å². The maximum absolute atomic E-state index is 5.11. The van der Waals surface area contributed by atoms with Gasteiger partial charge in [-0.3, -0.25) is 4.98 Å². The van der Waals surface area contributed by atoms with Gasteiger partial charge in [0.25, 0.3) is 0 Å². The molecular formula is C10H10N2O. The van der Waals surface area contributed by atoms with Crippen LogP contribution in [0.1, 0.15) is 12.0 Å². The third-order valence-corrected chi connectivity index (χ3v) is 1.95. The Balaban J connectivity index is 2.17. The van der Waals surface area contributed by atoms with Gasteiger partial charge in [-0.2, -0.15) is 0 Å². The van der Waals surface area contributed by atoms with Crippen LogP contribution in [-0.4, -0.2) is 16.8 Å². The van der Waals surface area contributed by atoms with E-state index in [2.05, 4.69) is 16.7 Å². The van der Waals surface area contributed by atoms with Gasteiger partial charge in [0.05, 0.1) is 5.71 Å². The van der Waals surface area contributed by atoms with Crippen LogP contribution in [0.25, 0.3) is 0 Å². The Kier molecular flexibility index (Phi) is 2.08. The zero-order valence-corrected chi connectivity index (χ0v) is 7.18. The summed E-state index contributed by atoms with van der Waals surface area (Å²) < 4.78 is 0. The summed E-state index contributed by atoms with van der Waals surface area (Å²) >= 11 is 0. The minimum atomic E-state index is 0.0233. The molecule has 3 heteroatoms. The van der Waals surface area contributed by atoms with Crippen LogP contribution in [0.5, 0.6) is 0 Å². The molecule has 0 saturated heterocycles. The van der Waals surface area contributed by atoms with Gasteiger partial charge in [0.2, 0.25) is 0 Å². The van der Waals surface area contributed by atoms with Crippen LogP contribution in [0.3, 0.4) is 0 Å². The zero-order chi connectivity index (χ0) is 9.10. The van der Waals surface area contributed by atoms with Crippen LogP contribution in [0, 0.1) is 0 Å². The number of nitrogens with zero attached hydrogens (tertiary/aromatic N) is 2. The number of rotatable bonds is 2. The first-order valence-electron chi connectivity index (χ1n) is 4.16. The van der Waals surface area contributed by atoms with Crippen molar-refractivity contribution in [3.05, 3.63) is 42.7 Å². The second-order valence-electron chi connectivity index (χ2n) is 2.86. The van der Waals surface area contributed by atoms with Crippen molar-refractivity contribution in [1.29, 1.82) is 0 Å². The average Bonchev–Trinajstić information content (AvgIpc) is 2.67. The molecule has 2 rings (SSSR count). The number of hydrogen-bond donors (Lipinski definition) is 0. The van der Waals surface area contributed by atoms with Crippen LogP contribution in [0.15, 0.2) is 42.3 Å². The van der Waals surface area contributed by atoms with E-state index in [1.165, 1.54) is 0 Å². The zero-order valence-electron chi connectivity index (χ0n) is 7.18. The van der Waals surface area contributed by atoms with Crippen molar-refractivity contribution in [2.75, 3.05) is 0 Å². The highest BCUT2D eigenvalue weighted by Gasteiger charge is 2.18. The molecule has 1 atom stereocenters. The Hall–Kier alpha value is -1.64. The van der Waals surface area contributed by atoms with E-state index in [4.69, 9.17) is 4.84 Å². The third kappa shape index (κ3) is 1.59. The summed E-state index contributed by atoms with van der Waals surface area (Å²) in [7, 11) is 0. The van der Waals surface area contributed by atoms with Crippen molar-refractivity contribution in [3.8, 4) is 0 Å². The molecule has 0 bridgehead atoms. The lowest BCUT2D eigenvalue weighted by atomic mass is 10.1. The second kappa shape index (κ2) is 3.39. The van der Waals surface area contributed by atoms with Crippen LogP contribution in [0.4, 0.5) is 0 Å². The molecule has 1 unspecified atom stereocenters. The van der Waals surface area contributed by atoms with E-state index in [0.29, 0.717) is 0 Å². The lowest BCUT2D eigenvalue weighted by molar-refractivity contribution is 0.120. The van der Waals surface area contributed by atoms with Gasteiger partial charge in [0, 0.05) is 24.4 Å². The molecule has 1 aromatic heterocycles. The van der Waals surface area contributed by atoms with Crippen molar-refractivity contribution in [1.82, 2.24) is 4.98 Å². The highest BCUT2D eigenvalue weighted by Crippen LogP contribution is 2.15. The number of pyridine rings is 1. The molecule has 66 valence electrons. The normalized spacial score (nSPS) is 20.6. The molecule has 0 saturated carbocycles. The lowest BCUT2D eigenvalue weighted by Gasteiger charge is -1.98. The van der Waals surface area contributed by atoms with Gasteiger partial charge in [-0.1, -0.05) is 11.7 Å². The average molecular weight is 174 g/mol. The predicted molar refractivity (Wildman–Crippen MR) is 50.5 cm³/mol. The van der Waals surface area contributed by atoms with E-state index in [0.717, 1.165) is 17.7 Å². The summed E-state index contributed by atoms with van der Waals surface area (Å²) in [6.45, 7) is 3.66. The van der Waals surface area contributed by atoms with Crippen molar-refractivity contribution < 1.29 is 4.84 Å². The second-order valence-corrected chi connectivity index (χ2v) is 2.86. The van der Waals surface area contributed by atoms with E-state index >= 15 is 0 Å². The van der Waals surface area contributed by atoms with Gasteiger partial charge in [-0.05, 0) is 18.2 Å². The van der Waals surface area contributed by atoms with Crippen LogP contribution < -0.4 is 0 Å². The molecule has 3 nitrogen and oxygen atoms in total. The Morgan fingerprint density at radius 1 is 1.62 bits per heavy atom. The van der Waals surface area contributed by atoms with E-state index in [1.807, 2.05) is 12.1 Å². The van der Waals surface area contributed by atoms with E-state index in [-0.39, 0.29) is 6.10 Å². The first-order chi connectivity index (χ1) is 6.40. The first kappa shape index (κ1) is 7.98. The van der Waals surface area contributed by atoms with E-state index in [9.17, 15) is 0 Å². The molecular weight excluding hydrogens is 164 g/mol. The number of aromatic nitrogens is 1. The minimum absolute atomic E-state index is 0.0233.